The van der Waals surface area contributed by atoms with Gasteiger partial charge < -0.3 is 19.0 Å². The Morgan fingerprint density at radius 2 is 2.36 bits per heavy atom. The van der Waals surface area contributed by atoms with Crippen LogP contribution in [0.4, 0.5) is 0 Å². The van der Waals surface area contributed by atoms with Crippen molar-refractivity contribution in [2.45, 2.75) is 36.2 Å². The zero-order valence-electron chi connectivity index (χ0n) is 14.5. The third kappa shape index (κ3) is 4.83. The molecule has 0 spiro atoms. The molecule has 8 nitrogen and oxygen atoms in total. The fourth-order valence-corrected chi connectivity index (χ4v) is 3.47. The van der Waals surface area contributed by atoms with Crippen LogP contribution in [0.3, 0.4) is 0 Å². The smallest absolute Gasteiger partial charge is 0.221 e. The number of nitrogens with zero attached hydrogens (tertiary/aromatic N) is 4. The minimum absolute atomic E-state index is 0.0565. The van der Waals surface area contributed by atoms with Gasteiger partial charge in [0.15, 0.2) is 10.2 Å². The summed E-state index contributed by atoms with van der Waals surface area (Å²) >= 11 is 1.44. The van der Waals surface area contributed by atoms with Gasteiger partial charge in [0.2, 0.25) is 5.91 Å². The number of morpholine rings is 1. The van der Waals surface area contributed by atoms with Crippen LogP contribution in [-0.2, 0) is 23.1 Å². The van der Waals surface area contributed by atoms with Crippen molar-refractivity contribution < 1.29 is 13.9 Å². The highest BCUT2D eigenvalue weighted by molar-refractivity contribution is 7.99. The Labute approximate surface area is 150 Å². The minimum atomic E-state index is 0.0565. The zero-order chi connectivity index (χ0) is 17.6. The molecule has 3 rings (SSSR count). The molecule has 1 fully saturated rings. The van der Waals surface area contributed by atoms with Crippen molar-refractivity contribution in [2.24, 2.45) is 7.05 Å². The van der Waals surface area contributed by atoms with E-state index in [9.17, 15) is 4.79 Å². The first-order valence-corrected chi connectivity index (χ1v) is 9.16. The van der Waals surface area contributed by atoms with Crippen LogP contribution in [-0.4, -0.2) is 57.9 Å². The average molecular weight is 365 g/mol. The molecule has 1 N–H and O–H groups in total. The molecule has 9 heteroatoms. The number of ether oxygens (including phenoxy) is 1. The van der Waals surface area contributed by atoms with Crippen LogP contribution in [0.25, 0.3) is 0 Å². The third-order valence-electron chi connectivity index (χ3n) is 4.00. The number of aromatic nitrogens is 3. The fourth-order valence-electron chi connectivity index (χ4n) is 2.72. The number of rotatable bonds is 7. The average Bonchev–Trinajstić information content (AvgIpc) is 3.19. The number of carbonyl (C=O) groups is 1. The lowest BCUT2D eigenvalue weighted by molar-refractivity contribution is -0.124. The monoisotopic (exact) mass is 365 g/mol. The predicted octanol–water partition coefficient (Wildman–Crippen LogP) is 1.29. The number of hydrogen-bond acceptors (Lipinski definition) is 7. The van der Waals surface area contributed by atoms with E-state index in [-0.39, 0.29) is 11.9 Å². The molecule has 136 valence electrons. The first-order chi connectivity index (χ1) is 12.2. The van der Waals surface area contributed by atoms with E-state index in [0.717, 1.165) is 22.6 Å². The normalized spacial score (nSPS) is 18.4. The Balaban J connectivity index is 1.60. The summed E-state index contributed by atoms with van der Waals surface area (Å²) in [6.07, 6.45) is 2.10. The van der Waals surface area contributed by atoms with Gasteiger partial charge in [-0.1, -0.05) is 0 Å². The number of nitrogens with one attached hydrogen (secondary N) is 1. The van der Waals surface area contributed by atoms with Crippen LogP contribution in [0.15, 0.2) is 33.1 Å². The Morgan fingerprint density at radius 1 is 1.48 bits per heavy atom. The van der Waals surface area contributed by atoms with Gasteiger partial charge in [0.25, 0.3) is 0 Å². The number of hydrogen-bond donors (Lipinski definition) is 1. The lowest BCUT2D eigenvalue weighted by Crippen LogP contribution is -2.47. The molecule has 0 radical (unpaired) electrons. The topological polar surface area (TPSA) is 85.4 Å². The maximum absolute atomic E-state index is 11.9. The molecule has 0 aliphatic carbocycles. The van der Waals surface area contributed by atoms with Crippen LogP contribution in [0.2, 0.25) is 0 Å². The minimum Gasteiger partial charge on any atom is -0.453 e. The van der Waals surface area contributed by atoms with Gasteiger partial charge in [-0.3, -0.25) is 9.69 Å². The zero-order valence-corrected chi connectivity index (χ0v) is 15.3. The molecule has 3 heterocycles. The highest BCUT2D eigenvalue weighted by Gasteiger charge is 2.26. The molecule has 0 bridgehead atoms. The molecule has 2 aromatic rings. The summed E-state index contributed by atoms with van der Waals surface area (Å²) in [6.45, 7) is 5.26. The van der Waals surface area contributed by atoms with E-state index in [4.69, 9.17) is 9.15 Å². The Morgan fingerprint density at radius 3 is 3.12 bits per heavy atom. The molecule has 0 saturated carbocycles. The third-order valence-corrected chi connectivity index (χ3v) is 4.97. The summed E-state index contributed by atoms with van der Waals surface area (Å²) < 4.78 is 13.3. The van der Waals surface area contributed by atoms with E-state index >= 15 is 0 Å². The molecule has 1 unspecified atom stereocenters. The lowest BCUT2D eigenvalue weighted by Gasteiger charge is -2.34. The van der Waals surface area contributed by atoms with Crippen LogP contribution >= 0.6 is 11.8 Å². The summed E-state index contributed by atoms with van der Waals surface area (Å²) in [5.74, 6) is 0.924. The summed E-state index contributed by atoms with van der Waals surface area (Å²) in [6, 6.07) is 3.98. The maximum Gasteiger partial charge on any atom is 0.221 e. The van der Waals surface area contributed by atoms with E-state index in [1.54, 1.807) is 6.33 Å². The predicted molar refractivity (Wildman–Crippen MR) is 92.2 cm³/mol. The van der Waals surface area contributed by atoms with Crippen molar-refractivity contribution in [3.8, 4) is 0 Å². The molecular weight excluding hydrogens is 342 g/mol. The molecular formula is C16H23N5O3S. The number of amides is 1. The summed E-state index contributed by atoms with van der Waals surface area (Å²) in [4.78, 5) is 14.1. The quantitative estimate of drug-likeness (QED) is 0.791. The molecule has 1 aliphatic heterocycles. The summed E-state index contributed by atoms with van der Waals surface area (Å²) in [5, 5.41) is 12.3. The van der Waals surface area contributed by atoms with E-state index in [0.29, 0.717) is 32.7 Å². The largest absolute Gasteiger partial charge is 0.453 e. The maximum atomic E-state index is 11.9. The Kier molecular flexibility index (Phi) is 6.11. The van der Waals surface area contributed by atoms with Crippen LogP contribution in [0, 0.1) is 0 Å². The molecule has 1 saturated heterocycles. The van der Waals surface area contributed by atoms with Crippen LogP contribution in [0.5, 0.6) is 0 Å². The molecule has 1 atom stereocenters. The van der Waals surface area contributed by atoms with Crippen LogP contribution < -0.4 is 5.32 Å². The van der Waals surface area contributed by atoms with Gasteiger partial charge in [0, 0.05) is 32.6 Å². The van der Waals surface area contributed by atoms with Gasteiger partial charge in [-0.15, -0.1) is 10.2 Å². The number of furan rings is 1. The molecule has 1 aliphatic rings. The Hall–Kier alpha value is -1.84. The summed E-state index contributed by atoms with van der Waals surface area (Å²) in [5.41, 5.74) is 0. The second kappa shape index (κ2) is 8.50. The van der Waals surface area contributed by atoms with Crippen molar-refractivity contribution >= 4 is 17.7 Å². The van der Waals surface area contributed by atoms with E-state index in [1.165, 1.54) is 11.8 Å². The Bertz CT molecular complexity index is 702. The second-order valence-electron chi connectivity index (χ2n) is 5.90. The number of carbonyl (C=O) groups excluding carboxylic acids is 1. The van der Waals surface area contributed by atoms with Gasteiger partial charge in [-0.05, 0) is 30.8 Å². The number of aryl methyl sites for hydroxylation is 1. The van der Waals surface area contributed by atoms with Crippen molar-refractivity contribution in [2.75, 3.05) is 26.3 Å². The van der Waals surface area contributed by atoms with Crippen LogP contribution in [0.1, 0.15) is 19.1 Å². The first-order valence-electron chi connectivity index (χ1n) is 8.34. The molecule has 1 amide bonds. The van der Waals surface area contributed by atoms with E-state index in [2.05, 4.69) is 20.4 Å². The standard InChI is InChI=1S/C16H23N5O3S/c1-3-17-14(22)8-12-10-23-7-6-21(12)9-13-4-5-15(24-13)25-16-19-18-11-20(16)2/h4-5,11-12H,3,6-10H2,1-2H3,(H,17,22). The van der Waals surface area contributed by atoms with Gasteiger partial charge in [-0.2, -0.15) is 0 Å². The summed E-state index contributed by atoms with van der Waals surface area (Å²) in [7, 11) is 1.89. The lowest BCUT2D eigenvalue weighted by atomic mass is 10.1. The molecule has 0 aromatic carbocycles. The van der Waals surface area contributed by atoms with Crippen molar-refractivity contribution in [1.82, 2.24) is 25.0 Å². The van der Waals surface area contributed by atoms with Gasteiger partial charge in [0.05, 0.1) is 19.8 Å². The highest BCUT2D eigenvalue weighted by atomic mass is 32.2. The second-order valence-corrected chi connectivity index (χ2v) is 6.88. The van der Waals surface area contributed by atoms with Gasteiger partial charge >= 0.3 is 0 Å². The molecule has 2 aromatic heterocycles. The van der Waals surface area contributed by atoms with Crippen molar-refractivity contribution in [3.63, 3.8) is 0 Å². The highest BCUT2D eigenvalue weighted by Crippen LogP contribution is 2.28. The van der Waals surface area contributed by atoms with E-state index in [1.807, 2.05) is 30.7 Å². The van der Waals surface area contributed by atoms with E-state index < -0.39 is 0 Å². The fraction of sp³-hybridized carbons (Fsp3) is 0.562. The van der Waals surface area contributed by atoms with Crippen molar-refractivity contribution in [3.05, 3.63) is 24.2 Å². The van der Waals surface area contributed by atoms with Crippen molar-refractivity contribution in [1.29, 1.82) is 0 Å². The van der Waals surface area contributed by atoms with Gasteiger partial charge in [0.1, 0.15) is 12.1 Å². The SMILES string of the molecule is CCNC(=O)CC1COCCN1Cc1ccc(Sc2nncn2C)o1. The van der Waals surface area contributed by atoms with Gasteiger partial charge in [-0.25, -0.2) is 0 Å². The first kappa shape index (κ1) is 18.0. The molecule has 25 heavy (non-hydrogen) atoms.